The fourth-order valence-corrected chi connectivity index (χ4v) is 3.13. The lowest BCUT2D eigenvalue weighted by molar-refractivity contribution is -0.140. The van der Waals surface area contributed by atoms with Gasteiger partial charge in [0, 0.05) is 0 Å². The summed E-state index contributed by atoms with van der Waals surface area (Å²) in [5, 5.41) is 0. The van der Waals surface area contributed by atoms with E-state index in [-0.39, 0.29) is 11.9 Å². The molecule has 2 aromatic carbocycles. The minimum absolute atomic E-state index is 0.00904. The van der Waals surface area contributed by atoms with Gasteiger partial charge in [-0.15, -0.1) is 0 Å². The van der Waals surface area contributed by atoms with Crippen LogP contribution >= 0.6 is 0 Å². The zero-order chi connectivity index (χ0) is 18.5. The Morgan fingerprint density at radius 1 is 0.808 bits per heavy atom. The highest BCUT2D eigenvalue weighted by atomic mass is 16.5. The fraction of sp³-hybridized carbons (Fsp3) is 0.364. The first-order valence-corrected chi connectivity index (χ1v) is 9.12. The van der Waals surface area contributed by atoms with Crippen molar-refractivity contribution in [1.82, 2.24) is 0 Å². The average Bonchev–Trinajstić information content (AvgIpc) is 2.64. The second-order valence-corrected chi connectivity index (χ2v) is 7.10. The average molecular weight is 352 g/mol. The van der Waals surface area contributed by atoms with Crippen LogP contribution in [0.1, 0.15) is 48.5 Å². The third kappa shape index (κ3) is 4.72. The number of aryl methyl sites for hydroxylation is 1. The van der Waals surface area contributed by atoms with Gasteiger partial charge in [-0.05, 0) is 74.9 Å². The summed E-state index contributed by atoms with van der Waals surface area (Å²) in [6.07, 6.45) is 3.94. The zero-order valence-electron chi connectivity index (χ0n) is 15.2. The normalized spacial score (nSPS) is 19.6. The van der Waals surface area contributed by atoms with Crippen LogP contribution in [0.2, 0.25) is 0 Å². The number of carbonyl (C=O) groups is 2. The fourth-order valence-electron chi connectivity index (χ4n) is 3.13. The molecule has 0 spiro atoms. The van der Waals surface area contributed by atoms with Crippen molar-refractivity contribution in [3.05, 3.63) is 59.7 Å². The molecule has 1 aliphatic carbocycles. The Kier molecular flexibility index (Phi) is 5.71. The highest BCUT2D eigenvalue weighted by Gasteiger charge is 2.25. The van der Waals surface area contributed by atoms with Gasteiger partial charge in [0.2, 0.25) is 0 Å². The van der Waals surface area contributed by atoms with E-state index >= 15 is 0 Å². The summed E-state index contributed by atoms with van der Waals surface area (Å²) < 4.78 is 10.8. The maximum Gasteiger partial charge on any atom is 0.343 e. The van der Waals surface area contributed by atoms with Gasteiger partial charge in [-0.3, -0.25) is 4.79 Å². The summed E-state index contributed by atoms with van der Waals surface area (Å²) in [5.41, 5.74) is 1.58. The minimum Gasteiger partial charge on any atom is -0.426 e. The largest absolute Gasteiger partial charge is 0.426 e. The van der Waals surface area contributed by atoms with Crippen LogP contribution in [0.25, 0.3) is 0 Å². The van der Waals surface area contributed by atoms with E-state index in [0.29, 0.717) is 23.0 Å². The SMILES string of the molecule is Cc1ccc(C(=O)Oc2ccc(OC(=O)C3CCC(C)CC3)cc2)cc1. The maximum atomic E-state index is 12.2. The van der Waals surface area contributed by atoms with Crippen molar-refractivity contribution in [1.29, 1.82) is 0 Å². The molecule has 4 heteroatoms. The molecular weight excluding hydrogens is 328 g/mol. The second-order valence-electron chi connectivity index (χ2n) is 7.10. The highest BCUT2D eigenvalue weighted by molar-refractivity contribution is 5.91. The van der Waals surface area contributed by atoms with Crippen LogP contribution in [-0.2, 0) is 4.79 Å². The summed E-state index contributed by atoms with van der Waals surface area (Å²) in [6.45, 7) is 4.18. The van der Waals surface area contributed by atoms with Gasteiger partial charge in [0.25, 0.3) is 0 Å². The first-order valence-electron chi connectivity index (χ1n) is 9.12. The van der Waals surface area contributed by atoms with Crippen molar-refractivity contribution in [3.63, 3.8) is 0 Å². The number of benzene rings is 2. The van der Waals surface area contributed by atoms with Gasteiger partial charge in [-0.2, -0.15) is 0 Å². The summed E-state index contributed by atoms with van der Waals surface area (Å²) in [5.74, 6) is 1.00. The standard InChI is InChI=1S/C22H24O4/c1-15-3-7-17(8-4-15)21(23)25-19-11-13-20(14-12-19)26-22(24)18-9-5-16(2)6-10-18/h3-4,7-8,11-14,16,18H,5-6,9-10H2,1-2H3. The molecular formula is C22H24O4. The molecule has 26 heavy (non-hydrogen) atoms. The molecule has 0 saturated heterocycles. The number of hydrogen-bond donors (Lipinski definition) is 0. The molecule has 1 aliphatic rings. The van der Waals surface area contributed by atoms with Gasteiger partial charge in [0.15, 0.2) is 0 Å². The van der Waals surface area contributed by atoms with Gasteiger partial charge in [0.1, 0.15) is 11.5 Å². The van der Waals surface area contributed by atoms with Crippen molar-refractivity contribution in [2.75, 3.05) is 0 Å². The molecule has 0 N–H and O–H groups in total. The predicted octanol–water partition coefficient (Wildman–Crippen LogP) is 4.95. The van der Waals surface area contributed by atoms with Crippen LogP contribution in [0, 0.1) is 18.8 Å². The second kappa shape index (κ2) is 8.17. The van der Waals surface area contributed by atoms with Gasteiger partial charge in [-0.1, -0.05) is 24.6 Å². The highest BCUT2D eigenvalue weighted by Crippen LogP contribution is 2.30. The Morgan fingerprint density at radius 2 is 1.35 bits per heavy atom. The molecule has 3 rings (SSSR count). The summed E-state index contributed by atoms with van der Waals surface area (Å²) in [7, 11) is 0. The summed E-state index contributed by atoms with van der Waals surface area (Å²) >= 11 is 0. The Hall–Kier alpha value is -2.62. The van der Waals surface area contributed by atoms with Crippen LogP contribution in [0.4, 0.5) is 0 Å². The van der Waals surface area contributed by atoms with Gasteiger partial charge in [0.05, 0.1) is 11.5 Å². The molecule has 0 radical (unpaired) electrons. The molecule has 0 amide bonds. The summed E-state index contributed by atoms with van der Waals surface area (Å²) in [6, 6.07) is 13.8. The number of ether oxygens (including phenoxy) is 2. The monoisotopic (exact) mass is 352 g/mol. The van der Waals surface area contributed by atoms with Crippen molar-refractivity contribution in [2.24, 2.45) is 11.8 Å². The molecule has 2 aromatic rings. The Balaban J connectivity index is 1.55. The van der Waals surface area contributed by atoms with Crippen molar-refractivity contribution in [2.45, 2.75) is 39.5 Å². The number of carbonyl (C=O) groups excluding carboxylic acids is 2. The lowest BCUT2D eigenvalue weighted by Crippen LogP contribution is -2.24. The van der Waals surface area contributed by atoms with Crippen molar-refractivity contribution >= 4 is 11.9 Å². The van der Waals surface area contributed by atoms with Crippen LogP contribution in [-0.4, -0.2) is 11.9 Å². The van der Waals surface area contributed by atoms with Crippen molar-refractivity contribution in [3.8, 4) is 11.5 Å². The molecule has 0 aromatic heterocycles. The molecule has 1 fully saturated rings. The third-order valence-corrected chi connectivity index (χ3v) is 4.89. The van der Waals surface area contributed by atoms with E-state index in [4.69, 9.17) is 9.47 Å². The van der Waals surface area contributed by atoms with E-state index in [1.807, 2.05) is 19.1 Å². The number of hydrogen-bond acceptors (Lipinski definition) is 4. The van der Waals surface area contributed by atoms with Crippen LogP contribution in [0.5, 0.6) is 11.5 Å². The third-order valence-electron chi connectivity index (χ3n) is 4.89. The minimum atomic E-state index is -0.411. The first kappa shape index (κ1) is 18.2. The van der Waals surface area contributed by atoms with E-state index in [1.54, 1.807) is 36.4 Å². The van der Waals surface area contributed by atoms with E-state index in [2.05, 4.69) is 6.92 Å². The van der Waals surface area contributed by atoms with Crippen LogP contribution in [0.3, 0.4) is 0 Å². The quantitative estimate of drug-likeness (QED) is 0.577. The lowest BCUT2D eigenvalue weighted by Gasteiger charge is -2.24. The predicted molar refractivity (Wildman–Crippen MR) is 99.3 cm³/mol. The Bertz CT molecular complexity index is 754. The van der Waals surface area contributed by atoms with Gasteiger partial charge < -0.3 is 9.47 Å². The molecule has 0 heterocycles. The molecule has 0 aliphatic heterocycles. The topological polar surface area (TPSA) is 52.6 Å². The molecule has 4 nitrogen and oxygen atoms in total. The Morgan fingerprint density at radius 3 is 1.92 bits per heavy atom. The van der Waals surface area contributed by atoms with E-state index in [0.717, 1.165) is 31.2 Å². The smallest absolute Gasteiger partial charge is 0.343 e. The van der Waals surface area contributed by atoms with Gasteiger partial charge >= 0.3 is 11.9 Å². The van der Waals surface area contributed by atoms with E-state index in [1.165, 1.54) is 0 Å². The molecule has 1 saturated carbocycles. The number of rotatable bonds is 4. The van der Waals surface area contributed by atoms with Crippen molar-refractivity contribution < 1.29 is 19.1 Å². The van der Waals surface area contributed by atoms with Gasteiger partial charge in [-0.25, -0.2) is 4.79 Å². The maximum absolute atomic E-state index is 12.2. The molecule has 136 valence electrons. The molecule has 0 unspecified atom stereocenters. The van der Waals surface area contributed by atoms with Crippen LogP contribution in [0.15, 0.2) is 48.5 Å². The zero-order valence-corrected chi connectivity index (χ0v) is 15.2. The molecule has 0 bridgehead atoms. The Labute approximate surface area is 154 Å². The first-order chi connectivity index (χ1) is 12.5. The van der Waals surface area contributed by atoms with E-state index in [9.17, 15) is 9.59 Å². The van der Waals surface area contributed by atoms with Crippen LogP contribution < -0.4 is 9.47 Å². The summed E-state index contributed by atoms with van der Waals surface area (Å²) in [4.78, 5) is 24.4. The van der Waals surface area contributed by atoms with E-state index < -0.39 is 5.97 Å². The lowest BCUT2D eigenvalue weighted by atomic mass is 9.83. The molecule has 0 atom stereocenters. The number of esters is 2.